The number of likely N-dealkylation sites (N-methyl/N-ethyl adjacent to an activating group) is 1. The van der Waals surface area contributed by atoms with Crippen LogP contribution >= 0.6 is 0 Å². The second-order valence-corrected chi connectivity index (χ2v) is 6.85. The Bertz CT molecular complexity index is 436. The molecule has 1 aliphatic carbocycles. The summed E-state index contributed by atoms with van der Waals surface area (Å²) in [6.45, 7) is 8.12. The van der Waals surface area contributed by atoms with E-state index < -0.39 is 0 Å². The van der Waals surface area contributed by atoms with Crippen LogP contribution in [0.2, 0.25) is 0 Å². The minimum Gasteiger partial charge on any atom is -0.308 e. The maximum Gasteiger partial charge on any atom is 0.0558 e. The lowest BCUT2D eigenvalue weighted by atomic mass is 9.76. The molecular formula is C18H28N2. The summed E-state index contributed by atoms with van der Waals surface area (Å²) in [5.74, 6) is 0. The molecule has 20 heavy (non-hydrogen) atoms. The van der Waals surface area contributed by atoms with Crippen LogP contribution in [0, 0.1) is 0 Å². The van der Waals surface area contributed by atoms with Crippen molar-refractivity contribution < 1.29 is 0 Å². The van der Waals surface area contributed by atoms with Gasteiger partial charge in [0.05, 0.1) is 5.54 Å². The molecule has 0 radical (unpaired) electrons. The minimum atomic E-state index is 0.138. The van der Waals surface area contributed by atoms with Crippen LogP contribution < -0.4 is 5.32 Å². The summed E-state index contributed by atoms with van der Waals surface area (Å²) >= 11 is 0. The molecule has 0 bridgehead atoms. The zero-order valence-corrected chi connectivity index (χ0v) is 13.0. The van der Waals surface area contributed by atoms with Crippen molar-refractivity contribution in [2.24, 2.45) is 0 Å². The minimum absolute atomic E-state index is 0.138. The molecule has 1 aliphatic heterocycles. The molecule has 1 heterocycles. The standard InChI is InChI=1S/C18H28N2/c1-3-20-15-18(12-8-5-9-13-18)19-14-17(20,2)16-10-6-4-7-11-16/h4,6-7,10-11,19H,3,5,8-9,12-15H2,1-2H3. The Morgan fingerprint density at radius 3 is 2.45 bits per heavy atom. The number of nitrogens with one attached hydrogen (secondary N) is 1. The number of hydrogen-bond donors (Lipinski definition) is 1. The Morgan fingerprint density at radius 2 is 1.80 bits per heavy atom. The van der Waals surface area contributed by atoms with Crippen LogP contribution in [0.5, 0.6) is 0 Å². The van der Waals surface area contributed by atoms with Crippen molar-refractivity contribution in [3.8, 4) is 0 Å². The molecular weight excluding hydrogens is 244 g/mol. The Kier molecular flexibility index (Phi) is 3.87. The van der Waals surface area contributed by atoms with E-state index in [0.717, 1.165) is 13.1 Å². The third kappa shape index (κ3) is 2.40. The highest BCUT2D eigenvalue weighted by Crippen LogP contribution is 2.38. The van der Waals surface area contributed by atoms with Gasteiger partial charge >= 0.3 is 0 Å². The van der Waals surface area contributed by atoms with E-state index in [0.29, 0.717) is 5.54 Å². The first-order valence-electron chi connectivity index (χ1n) is 8.24. The Morgan fingerprint density at radius 1 is 1.10 bits per heavy atom. The first kappa shape index (κ1) is 14.1. The quantitative estimate of drug-likeness (QED) is 0.886. The molecule has 1 N–H and O–H groups in total. The van der Waals surface area contributed by atoms with Gasteiger partial charge in [0.25, 0.3) is 0 Å². The van der Waals surface area contributed by atoms with Gasteiger partial charge in [-0.1, -0.05) is 56.5 Å². The third-order valence-corrected chi connectivity index (χ3v) is 5.59. The van der Waals surface area contributed by atoms with Crippen LogP contribution in [0.15, 0.2) is 30.3 Å². The molecule has 1 saturated carbocycles. The molecule has 2 aliphatic rings. The van der Waals surface area contributed by atoms with Gasteiger partial charge in [0, 0.05) is 18.6 Å². The summed E-state index contributed by atoms with van der Waals surface area (Å²) in [7, 11) is 0. The highest BCUT2D eigenvalue weighted by Gasteiger charge is 2.45. The van der Waals surface area contributed by atoms with E-state index in [9.17, 15) is 0 Å². The number of piperazine rings is 1. The summed E-state index contributed by atoms with van der Waals surface area (Å²) in [5, 5.41) is 3.95. The topological polar surface area (TPSA) is 15.3 Å². The molecule has 110 valence electrons. The molecule has 3 rings (SSSR count). The smallest absolute Gasteiger partial charge is 0.0558 e. The lowest BCUT2D eigenvalue weighted by Crippen LogP contribution is -2.68. The first-order chi connectivity index (χ1) is 9.69. The summed E-state index contributed by atoms with van der Waals surface area (Å²) < 4.78 is 0. The molecule has 1 spiro atoms. The fourth-order valence-electron chi connectivity index (χ4n) is 4.17. The lowest BCUT2D eigenvalue weighted by molar-refractivity contribution is 0.00178. The van der Waals surface area contributed by atoms with Gasteiger partial charge in [-0.25, -0.2) is 0 Å². The van der Waals surface area contributed by atoms with E-state index in [1.807, 2.05) is 0 Å². The third-order valence-electron chi connectivity index (χ3n) is 5.59. The van der Waals surface area contributed by atoms with Crippen LogP contribution in [0.4, 0.5) is 0 Å². The molecule has 1 atom stereocenters. The molecule has 0 aromatic heterocycles. The molecule has 0 amide bonds. The number of rotatable bonds is 2. The molecule has 2 fully saturated rings. The van der Waals surface area contributed by atoms with Crippen molar-refractivity contribution in [3.63, 3.8) is 0 Å². The summed E-state index contributed by atoms with van der Waals surface area (Å²) in [4.78, 5) is 2.70. The summed E-state index contributed by atoms with van der Waals surface area (Å²) in [5.41, 5.74) is 1.97. The second-order valence-electron chi connectivity index (χ2n) is 6.85. The van der Waals surface area contributed by atoms with E-state index in [1.54, 1.807) is 0 Å². The van der Waals surface area contributed by atoms with Gasteiger partial charge < -0.3 is 5.32 Å². The molecule has 1 aromatic carbocycles. The summed E-state index contributed by atoms with van der Waals surface area (Å²) in [6.07, 6.45) is 6.92. The van der Waals surface area contributed by atoms with E-state index in [2.05, 4.69) is 54.4 Å². The fraction of sp³-hybridized carbons (Fsp3) is 0.667. The Labute approximate surface area is 123 Å². The van der Waals surface area contributed by atoms with Crippen LogP contribution in [-0.4, -0.2) is 30.1 Å². The molecule has 1 unspecified atom stereocenters. The fourth-order valence-corrected chi connectivity index (χ4v) is 4.17. The van der Waals surface area contributed by atoms with Crippen molar-refractivity contribution >= 4 is 0 Å². The van der Waals surface area contributed by atoms with Gasteiger partial charge in [-0.15, -0.1) is 0 Å². The van der Waals surface area contributed by atoms with E-state index >= 15 is 0 Å². The summed E-state index contributed by atoms with van der Waals surface area (Å²) in [6, 6.07) is 11.0. The average Bonchev–Trinajstić information content (AvgIpc) is 2.52. The Balaban J connectivity index is 1.84. The largest absolute Gasteiger partial charge is 0.308 e. The van der Waals surface area contributed by atoms with Crippen LogP contribution in [0.1, 0.15) is 51.5 Å². The van der Waals surface area contributed by atoms with Crippen molar-refractivity contribution in [2.75, 3.05) is 19.6 Å². The van der Waals surface area contributed by atoms with Crippen molar-refractivity contribution in [2.45, 2.75) is 57.0 Å². The SMILES string of the molecule is CCN1CC2(CCCCC2)NCC1(C)c1ccccc1. The van der Waals surface area contributed by atoms with Gasteiger partial charge in [-0.2, -0.15) is 0 Å². The highest BCUT2D eigenvalue weighted by molar-refractivity contribution is 5.26. The number of nitrogens with zero attached hydrogens (tertiary/aromatic N) is 1. The predicted octanol–water partition coefficient (Wildman–Crippen LogP) is 3.53. The van der Waals surface area contributed by atoms with Crippen LogP contribution in [0.25, 0.3) is 0 Å². The van der Waals surface area contributed by atoms with Gasteiger partial charge in [0.1, 0.15) is 0 Å². The van der Waals surface area contributed by atoms with Crippen LogP contribution in [0.3, 0.4) is 0 Å². The molecule has 2 heteroatoms. The van der Waals surface area contributed by atoms with E-state index in [4.69, 9.17) is 0 Å². The van der Waals surface area contributed by atoms with Gasteiger partial charge in [0.2, 0.25) is 0 Å². The van der Waals surface area contributed by atoms with Crippen molar-refractivity contribution in [1.82, 2.24) is 10.2 Å². The highest BCUT2D eigenvalue weighted by atomic mass is 15.3. The van der Waals surface area contributed by atoms with Gasteiger partial charge in [-0.3, -0.25) is 4.90 Å². The second kappa shape index (κ2) is 5.50. The first-order valence-corrected chi connectivity index (χ1v) is 8.24. The van der Waals surface area contributed by atoms with Gasteiger partial charge in [0.15, 0.2) is 0 Å². The Hall–Kier alpha value is -0.860. The average molecular weight is 272 g/mol. The predicted molar refractivity (Wildman–Crippen MR) is 84.9 cm³/mol. The molecule has 1 saturated heterocycles. The zero-order chi connectivity index (χ0) is 14.1. The van der Waals surface area contributed by atoms with Crippen molar-refractivity contribution in [1.29, 1.82) is 0 Å². The number of benzene rings is 1. The van der Waals surface area contributed by atoms with Crippen LogP contribution in [-0.2, 0) is 5.54 Å². The lowest BCUT2D eigenvalue weighted by Gasteiger charge is -2.54. The maximum absolute atomic E-state index is 3.95. The monoisotopic (exact) mass is 272 g/mol. The number of hydrogen-bond acceptors (Lipinski definition) is 2. The zero-order valence-electron chi connectivity index (χ0n) is 13.0. The molecule has 1 aromatic rings. The molecule has 2 nitrogen and oxygen atoms in total. The van der Waals surface area contributed by atoms with E-state index in [1.165, 1.54) is 44.2 Å². The van der Waals surface area contributed by atoms with Crippen molar-refractivity contribution in [3.05, 3.63) is 35.9 Å². The van der Waals surface area contributed by atoms with Gasteiger partial charge in [-0.05, 0) is 31.9 Å². The van der Waals surface area contributed by atoms with E-state index in [-0.39, 0.29) is 5.54 Å². The maximum atomic E-state index is 3.95. The normalized spacial score (nSPS) is 30.5.